The van der Waals surface area contributed by atoms with Crippen LogP contribution in [0.2, 0.25) is 0 Å². The van der Waals surface area contributed by atoms with E-state index in [1.165, 1.54) is 0 Å². The Morgan fingerprint density at radius 3 is 2.38 bits per heavy atom. The highest BCUT2D eigenvalue weighted by Crippen LogP contribution is 2.36. The molecular weight excluding hydrogens is 348 g/mol. The second-order valence-electron chi connectivity index (χ2n) is 7.05. The Bertz CT molecular complexity index is 890. The first-order chi connectivity index (χ1) is 12.3. The van der Waals surface area contributed by atoms with E-state index in [2.05, 4.69) is 23.7 Å². The number of nitrogens with zero attached hydrogens (tertiary/aromatic N) is 1. The van der Waals surface area contributed by atoms with Crippen LogP contribution in [0.25, 0.3) is 0 Å². The van der Waals surface area contributed by atoms with Crippen molar-refractivity contribution >= 4 is 15.7 Å². The second kappa shape index (κ2) is 7.29. The fourth-order valence-electron chi connectivity index (χ4n) is 3.48. The molecule has 0 bridgehead atoms. The summed E-state index contributed by atoms with van der Waals surface area (Å²) < 4.78 is 33.9. The number of benzene rings is 2. The molecule has 26 heavy (non-hydrogen) atoms. The summed E-state index contributed by atoms with van der Waals surface area (Å²) in [5.41, 5.74) is 3.82. The van der Waals surface area contributed by atoms with Gasteiger partial charge in [-0.1, -0.05) is 17.7 Å². The summed E-state index contributed by atoms with van der Waals surface area (Å²) in [6, 6.07) is 11.0. The van der Waals surface area contributed by atoms with Crippen molar-refractivity contribution in [1.82, 2.24) is 4.90 Å². The van der Waals surface area contributed by atoms with Crippen molar-refractivity contribution in [3.05, 3.63) is 53.1 Å². The van der Waals surface area contributed by atoms with Crippen molar-refractivity contribution in [1.29, 1.82) is 0 Å². The molecular formula is C20H26N2O3S. The molecule has 0 heterocycles. The van der Waals surface area contributed by atoms with Crippen LogP contribution in [0.4, 0.5) is 5.69 Å². The number of aryl methyl sites for hydroxylation is 1. The predicted octanol–water partition coefficient (Wildman–Crippen LogP) is 3.22. The van der Waals surface area contributed by atoms with E-state index in [4.69, 9.17) is 4.74 Å². The number of fused-ring (bicyclic) bond motifs is 1. The van der Waals surface area contributed by atoms with Gasteiger partial charge in [-0.15, -0.1) is 0 Å². The number of nitrogens with one attached hydrogen (secondary N) is 1. The van der Waals surface area contributed by atoms with E-state index in [1.807, 2.05) is 13.0 Å². The van der Waals surface area contributed by atoms with Gasteiger partial charge in [0.05, 0.1) is 17.7 Å². The van der Waals surface area contributed by atoms with E-state index >= 15 is 0 Å². The van der Waals surface area contributed by atoms with Crippen molar-refractivity contribution in [2.24, 2.45) is 0 Å². The number of likely N-dealkylation sites (N-methyl/N-ethyl adjacent to an activating group) is 1. The molecule has 0 unspecified atom stereocenters. The zero-order valence-corrected chi connectivity index (χ0v) is 16.6. The number of sulfonamides is 1. The molecule has 2 aromatic rings. The lowest BCUT2D eigenvalue weighted by Gasteiger charge is -2.32. The van der Waals surface area contributed by atoms with Crippen molar-refractivity contribution in [3.63, 3.8) is 0 Å². The third kappa shape index (κ3) is 3.71. The maximum atomic E-state index is 12.8. The van der Waals surface area contributed by atoms with Gasteiger partial charge in [0.15, 0.2) is 0 Å². The van der Waals surface area contributed by atoms with Gasteiger partial charge in [-0.3, -0.25) is 4.72 Å². The first-order valence-electron chi connectivity index (χ1n) is 8.76. The van der Waals surface area contributed by atoms with Gasteiger partial charge in [0.2, 0.25) is 0 Å². The summed E-state index contributed by atoms with van der Waals surface area (Å²) in [5, 5.41) is 0. The van der Waals surface area contributed by atoms with E-state index in [0.29, 0.717) is 11.7 Å². The molecule has 3 rings (SSSR count). The quantitative estimate of drug-likeness (QED) is 0.873. The summed E-state index contributed by atoms with van der Waals surface area (Å²) in [4.78, 5) is 2.49. The Morgan fingerprint density at radius 2 is 1.77 bits per heavy atom. The maximum absolute atomic E-state index is 12.8. The van der Waals surface area contributed by atoms with E-state index < -0.39 is 10.0 Å². The minimum atomic E-state index is -3.61. The lowest BCUT2D eigenvalue weighted by Crippen LogP contribution is -2.34. The van der Waals surface area contributed by atoms with Crippen LogP contribution >= 0.6 is 0 Å². The number of hydrogen-bond donors (Lipinski definition) is 1. The van der Waals surface area contributed by atoms with Crippen LogP contribution in [0, 0.1) is 6.92 Å². The largest absolute Gasteiger partial charge is 0.496 e. The Balaban J connectivity index is 1.97. The minimum Gasteiger partial charge on any atom is -0.496 e. The van der Waals surface area contributed by atoms with Gasteiger partial charge in [0.25, 0.3) is 10.0 Å². The molecule has 0 spiro atoms. The molecule has 1 aliphatic carbocycles. The van der Waals surface area contributed by atoms with Crippen molar-refractivity contribution < 1.29 is 13.2 Å². The van der Waals surface area contributed by atoms with Gasteiger partial charge in [0, 0.05) is 11.6 Å². The summed E-state index contributed by atoms with van der Waals surface area (Å²) >= 11 is 0. The number of ether oxygens (including phenoxy) is 1. The molecule has 6 heteroatoms. The zero-order chi connectivity index (χ0) is 18.9. The van der Waals surface area contributed by atoms with E-state index in [1.54, 1.807) is 37.4 Å². The van der Waals surface area contributed by atoms with Crippen LogP contribution in [0.15, 0.2) is 41.3 Å². The van der Waals surface area contributed by atoms with Gasteiger partial charge in [0.1, 0.15) is 5.75 Å². The molecule has 1 aliphatic rings. The highest BCUT2D eigenvalue weighted by atomic mass is 32.2. The number of methoxy groups -OCH3 is 1. The van der Waals surface area contributed by atoms with Gasteiger partial charge < -0.3 is 9.64 Å². The first kappa shape index (κ1) is 18.7. The highest BCUT2D eigenvalue weighted by molar-refractivity contribution is 7.92. The third-order valence-electron chi connectivity index (χ3n) is 5.08. The summed E-state index contributed by atoms with van der Waals surface area (Å²) in [7, 11) is 2.19. The highest BCUT2D eigenvalue weighted by Gasteiger charge is 2.26. The van der Waals surface area contributed by atoms with Gasteiger partial charge in [-0.25, -0.2) is 8.42 Å². The molecule has 5 nitrogen and oxygen atoms in total. The standard InChI is InChI=1S/C20H26N2O3S/c1-14-5-8-16(9-6-14)26(23,24)21-19-11-12-20(25-4)18-13-15(22(2)3)7-10-17(18)19/h5-6,8-9,11-12,15,21H,7,10,13H2,1-4H3/t15-/m0/s1. The van der Waals surface area contributed by atoms with Crippen LogP contribution in [-0.2, 0) is 22.9 Å². The lowest BCUT2D eigenvalue weighted by molar-refractivity contribution is 0.265. The fraction of sp³-hybridized carbons (Fsp3) is 0.400. The summed E-state index contributed by atoms with van der Waals surface area (Å²) in [6.07, 6.45) is 2.67. The van der Waals surface area contributed by atoms with Gasteiger partial charge in [-0.2, -0.15) is 0 Å². The summed E-state index contributed by atoms with van der Waals surface area (Å²) in [5.74, 6) is 0.824. The molecule has 0 radical (unpaired) electrons. The maximum Gasteiger partial charge on any atom is 0.261 e. The molecule has 140 valence electrons. The molecule has 1 N–H and O–H groups in total. The fourth-order valence-corrected chi connectivity index (χ4v) is 4.57. The Labute approximate surface area is 156 Å². The van der Waals surface area contributed by atoms with Crippen LogP contribution < -0.4 is 9.46 Å². The Morgan fingerprint density at radius 1 is 1.08 bits per heavy atom. The Kier molecular flexibility index (Phi) is 5.25. The normalized spacial score (nSPS) is 17.0. The van der Waals surface area contributed by atoms with Crippen LogP contribution in [0.1, 0.15) is 23.1 Å². The van der Waals surface area contributed by atoms with Crippen molar-refractivity contribution in [2.75, 3.05) is 25.9 Å². The molecule has 0 aliphatic heterocycles. The number of rotatable bonds is 5. The summed E-state index contributed by atoms with van der Waals surface area (Å²) in [6.45, 7) is 1.94. The number of anilines is 1. The number of hydrogen-bond acceptors (Lipinski definition) is 4. The molecule has 0 saturated heterocycles. The first-order valence-corrected chi connectivity index (χ1v) is 10.2. The molecule has 0 aromatic heterocycles. The van der Waals surface area contributed by atoms with Crippen molar-refractivity contribution in [2.45, 2.75) is 37.1 Å². The second-order valence-corrected chi connectivity index (χ2v) is 8.73. The Hall–Kier alpha value is -2.05. The average Bonchev–Trinajstić information content (AvgIpc) is 2.61. The topological polar surface area (TPSA) is 58.6 Å². The SMILES string of the molecule is COc1ccc(NS(=O)(=O)c2ccc(C)cc2)c2c1C[C@@H](N(C)C)CC2. The average molecular weight is 375 g/mol. The minimum absolute atomic E-state index is 0.273. The van der Waals surface area contributed by atoms with Gasteiger partial charge >= 0.3 is 0 Å². The lowest BCUT2D eigenvalue weighted by atomic mass is 9.86. The van der Waals surface area contributed by atoms with Crippen molar-refractivity contribution in [3.8, 4) is 5.75 Å². The van der Waals surface area contributed by atoms with Crippen LogP contribution in [-0.4, -0.2) is 40.6 Å². The predicted molar refractivity (Wildman–Crippen MR) is 104 cm³/mol. The van der Waals surface area contributed by atoms with Gasteiger partial charge in [-0.05, 0) is 70.1 Å². The monoisotopic (exact) mass is 374 g/mol. The third-order valence-corrected chi connectivity index (χ3v) is 6.46. The molecule has 1 atom stereocenters. The van der Waals surface area contributed by atoms with Crippen LogP contribution in [0.3, 0.4) is 0 Å². The molecule has 0 amide bonds. The van der Waals surface area contributed by atoms with E-state index in [-0.39, 0.29) is 4.90 Å². The van der Waals surface area contributed by atoms with E-state index in [9.17, 15) is 8.42 Å². The smallest absolute Gasteiger partial charge is 0.261 e. The van der Waals surface area contributed by atoms with Crippen LogP contribution in [0.5, 0.6) is 5.75 Å². The molecule has 0 saturated carbocycles. The molecule has 0 fully saturated rings. The molecule has 2 aromatic carbocycles. The van der Waals surface area contributed by atoms with E-state index in [0.717, 1.165) is 41.7 Å². The zero-order valence-electron chi connectivity index (χ0n) is 15.7.